The monoisotopic (exact) mass is 296 g/mol. The van der Waals surface area contributed by atoms with Gasteiger partial charge in [-0.15, -0.1) is 10.2 Å². The molecule has 0 spiro atoms. The van der Waals surface area contributed by atoms with Crippen molar-refractivity contribution >= 4 is 23.2 Å². The molecule has 0 saturated heterocycles. The van der Waals surface area contributed by atoms with Gasteiger partial charge in [-0.25, -0.2) is 4.98 Å². The third-order valence-electron chi connectivity index (χ3n) is 3.29. The maximum atomic E-state index is 11.8. The second kappa shape index (κ2) is 5.93. The molecule has 2 N–H and O–H groups in total. The van der Waals surface area contributed by atoms with Crippen molar-refractivity contribution in [1.29, 1.82) is 0 Å². The van der Waals surface area contributed by atoms with E-state index >= 15 is 0 Å². The lowest BCUT2D eigenvalue weighted by molar-refractivity contribution is -0.135. The largest absolute Gasteiger partial charge is 0.424 e. The number of benzene rings is 1. The van der Waals surface area contributed by atoms with Crippen LogP contribution in [-0.4, -0.2) is 11.0 Å². The molecular weight excluding hydrogens is 280 g/mol. The van der Waals surface area contributed by atoms with Crippen molar-refractivity contribution in [1.82, 2.24) is 4.98 Å². The van der Waals surface area contributed by atoms with Gasteiger partial charge in [-0.2, -0.15) is 0 Å². The zero-order valence-corrected chi connectivity index (χ0v) is 12.2. The van der Waals surface area contributed by atoms with Gasteiger partial charge in [0, 0.05) is 5.69 Å². The van der Waals surface area contributed by atoms with Crippen LogP contribution in [-0.2, 0) is 4.79 Å². The second-order valence-electron chi connectivity index (χ2n) is 5.22. The number of aromatic nitrogens is 1. The Balaban J connectivity index is 1.82. The molecule has 3 rings (SSSR count). The Labute approximate surface area is 128 Å². The smallest absolute Gasteiger partial charge is 0.314 e. The number of carbonyl (C=O) groups is 1. The summed E-state index contributed by atoms with van der Waals surface area (Å²) < 4.78 is 5.37. The number of rotatable bonds is 4. The van der Waals surface area contributed by atoms with Crippen LogP contribution in [0, 0.1) is 12.8 Å². The lowest BCUT2D eigenvalue weighted by atomic mass is 10.3. The number of azo groups is 1. The number of aryl methyl sites for hydroxylation is 1. The number of carbonyl (C=O) groups excluding carboxylic acids is 1. The lowest BCUT2D eigenvalue weighted by Gasteiger charge is -2.05. The van der Waals surface area contributed by atoms with Crippen LogP contribution in [0.2, 0.25) is 0 Å². The molecule has 1 aliphatic carbocycles. The van der Waals surface area contributed by atoms with E-state index in [2.05, 4.69) is 15.2 Å². The van der Waals surface area contributed by atoms with Crippen molar-refractivity contribution in [2.45, 2.75) is 19.8 Å². The molecule has 6 nitrogen and oxygen atoms in total. The molecule has 112 valence electrons. The fourth-order valence-corrected chi connectivity index (χ4v) is 1.90. The Bertz CT molecular complexity index is 739. The summed E-state index contributed by atoms with van der Waals surface area (Å²) in [6, 6.07) is 10.6. The molecule has 0 radical (unpaired) electrons. The molecule has 0 atom stereocenters. The topological polar surface area (TPSA) is 89.9 Å². The Hall–Kier alpha value is -2.76. The summed E-state index contributed by atoms with van der Waals surface area (Å²) in [5.74, 6) is 0.541. The molecule has 1 heterocycles. The van der Waals surface area contributed by atoms with Gasteiger partial charge in [0.2, 0.25) is 0 Å². The van der Waals surface area contributed by atoms with Gasteiger partial charge in [0.15, 0.2) is 11.6 Å². The predicted molar refractivity (Wildman–Crippen MR) is 82.4 cm³/mol. The van der Waals surface area contributed by atoms with E-state index in [9.17, 15) is 4.79 Å². The summed E-state index contributed by atoms with van der Waals surface area (Å²) in [4.78, 5) is 15.9. The molecule has 1 aromatic heterocycles. The van der Waals surface area contributed by atoms with E-state index in [1.165, 1.54) is 0 Å². The zero-order chi connectivity index (χ0) is 15.5. The number of nitrogens with zero attached hydrogens (tertiary/aromatic N) is 3. The van der Waals surface area contributed by atoms with Gasteiger partial charge in [0.1, 0.15) is 11.4 Å². The van der Waals surface area contributed by atoms with Crippen LogP contribution in [0.15, 0.2) is 46.6 Å². The average molecular weight is 296 g/mol. The first-order chi connectivity index (χ1) is 10.6. The van der Waals surface area contributed by atoms with Crippen LogP contribution >= 0.6 is 0 Å². The minimum Gasteiger partial charge on any atom is -0.424 e. The first kappa shape index (κ1) is 14.2. The van der Waals surface area contributed by atoms with E-state index in [1.807, 2.05) is 13.0 Å². The Morgan fingerprint density at radius 3 is 2.64 bits per heavy atom. The standard InChI is InChI=1S/C16H16N4O2/c1-10-6-9-13(15(17)18-10)20-19-12-4-2-3-5-14(12)22-16(21)11-7-8-11/h2-6,9,11H,7-8H2,1H3,(H2,17,18)/b20-19+. The van der Waals surface area contributed by atoms with Crippen LogP contribution in [0.25, 0.3) is 0 Å². The molecule has 2 aromatic rings. The highest BCUT2D eigenvalue weighted by Gasteiger charge is 2.32. The number of hydrogen-bond donors (Lipinski definition) is 1. The summed E-state index contributed by atoms with van der Waals surface area (Å²) in [7, 11) is 0. The predicted octanol–water partition coefficient (Wildman–Crippen LogP) is 3.70. The van der Waals surface area contributed by atoms with Crippen LogP contribution in [0.4, 0.5) is 17.2 Å². The number of nitrogen functional groups attached to an aromatic ring is 1. The van der Waals surface area contributed by atoms with Gasteiger partial charge >= 0.3 is 5.97 Å². The molecule has 1 aromatic carbocycles. The van der Waals surface area contributed by atoms with Gasteiger partial charge < -0.3 is 10.5 Å². The summed E-state index contributed by atoms with van der Waals surface area (Å²) in [6.07, 6.45) is 1.79. The minimum atomic E-state index is -0.209. The number of pyridine rings is 1. The van der Waals surface area contributed by atoms with Gasteiger partial charge in [0.05, 0.1) is 5.92 Å². The van der Waals surface area contributed by atoms with Gasteiger partial charge in [-0.05, 0) is 44.0 Å². The van der Waals surface area contributed by atoms with E-state index in [0.29, 0.717) is 22.9 Å². The Morgan fingerprint density at radius 1 is 1.18 bits per heavy atom. The van der Waals surface area contributed by atoms with Crippen molar-refractivity contribution in [3.8, 4) is 5.75 Å². The summed E-state index contributed by atoms with van der Waals surface area (Å²) >= 11 is 0. The van der Waals surface area contributed by atoms with Gasteiger partial charge in [-0.1, -0.05) is 12.1 Å². The van der Waals surface area contributed by atoms with Crippen molar-refractivity contribution in [2.75, 3.05) is 5.73 Å². The summed E-state index contributed by atoms with van der Waals surface area (Å²) in [5, 5.41) is 8.22. The number of esters is 1. The van der Waals surface area contributed by atoms with Gasteiger partial charge in [-0.3, -0.25) is 4.79 Å². The molecule has 22 heavy (non-hydrogen) atoms. The lowest BCUT2D eigenvalue weighted by Crippen LogP contribution is -2.09. The molecule has 1 aliphatic rings. The third kappa shape index (κ3) is 3.28. The Morgan fingerprint density at radius 2 is 1.91 bits per heavy atom. The molecule has 6 heteroatoms. The van der Waals surface area contributed by atoms with Gasteiger partial charge in [0.25, 0.3) is 0 Å². The average Bonchev–Trinajstić information content (AvgIpc) is 3.32. The molecule has 1 fully saturated rings. The number of hydrogen-bond acceptors (Lipinski definition) is 6. The third-order valence-corrected chi connectivity index (χ3v) is 3.29. The quantitative estimate of drug-likeness (QED) is 0.529. The minimum absolute atomic E-state index is 0.0296. The highest BCUT2D eigenvalue weighted by molar-refractivity contribution is 5.78. The maximum Gasteiger partial charge on any atom is 0.314 e. The number of anilines is 1. The normalized spacial score (nSPS) is 14.2. The summed E-state index contributed by atoms with van der Waals surface area (Å²) in [6.45, 7) is 1.85. The van der Waals surface area contributed by atoms with Crippen molar-refractivity contribution in [3.63, 3.8) is 0 Å². The van der Waals surface area contributed by atoms with Crippen LogP contribution < -0.4 is 10.5 Å². The van der Waals surface area contributed by atoms with Crippen molar-refractivity contribution < 1.29 is 9.53 Å². The Kier molecular flexibility index (Phi) is 3.82. The molecule has 0 bridgehead atoms. The van der Waals surface area contributed by atoms with Crippen molar-refractivity contribution in [2.24, 2.45) is 16.1 Å². The SMILES string of the molecule is Cc1ccc(/N=N/c2ccccc2OC(=O)C2CC2)c(N)n1. The summed E-state index contributed by atoms with van der Waals surface area (Å²) in [5.41, 5.74) is 7.58. The van der Waals surface area contributed by atoms with Crippen LogP contribution in [0.5, 0.6) is 5.75 Å². The van der Waals surface area contributed by atoms with E-state index < -0.39 is 0 Å². The molecule has 0 unspecified atom stereocenters. The van der Waals surface area contributed by atoms with E-state index in [1.54, 1.807) is 30.3 Å². The first-order valence-electron chi connectivity index (χ1n) is 7.09. The van der Waals surface area contributed by atoms with Crippen molar-refractivity contribution in [3.05, 3.63) is 42.1 Å². The zero-order valence-electron chi connectivity index (χ0n) is 12.2. The van der Waals surface area contributed by atoms with E-state index in [4.69, 9.17) is 10.5 Å². The maximum absolute atomic E-state index is 11.8. The fraction of sp³-hybridized carbons (Fsp3) is 0.250. The fourth-order valence-electron chi connectivity index (χ4n) is 1.90. The molecule has 0 amide bonds. The number of ether oxygens (including phenoxy) is 1. The van der Waals surface area contributed by atoms with Crippen LogP contribution in [0.1, 0.15) is 18.5 Å². The number of nitrogens with two attached hydrogens (primary N) is 1. The van der Waals surface area contributed by atoms with E-state index in [0.717, 1.165) is 18.5 Å². The highest BCUT2D eigenvalue weighted by Crippen LogP contribution is 2.34. The van der Waals surface area contributed by atoms with Crippen LogP contribution in [0.3, 0.4) is 0 Å². The highest BCUT2D eigenvalue weighted by atomic mass is 16.5. The second-order valence-corrected chi connectivity index (χ2v) is 5.22. The molecule has 0 aliphatic heterocycles. The first-order valence-corrected chi connectivity index (χ1v) is 7.09. The molecular formula is C16H16N4O2. The van der Waals surface area contributed by atoms with E-state index in [-0.39, 0.29) is 11.9 Å². The molecule has 1 saturated carbocycles. The number of para-hydroxylation sites is 1.